The fraction of sp³-hybridized carbons (Fsp3) is 0.550. The lowest BCUT2D eigenvalue weighted by Crippen LogP contribution is -2.48. The Balaban J connectivity index is 1.19. The highest BCUT2D eigenvalue weighted by molar-refractivity contribution is 6.30. The van der Waals surface area contributed by atoms with Crippen molar-refractivity contribution < 1.29 is 14.4 Å². The van der Waals surface area contributed by atoms with E-state index < -0.39 is 10.5 Å². The van der Waals surface area contributed by atoms with Crippen LogP contribution in [-0.2, 0) is 17.7 Å². The number of likely N-dealkylation sites (tertiary alicyclic amines) is 1. The van der Waals surface area contributed by atoms with E-state index in [9.17, 15) is 10.1 Å². The summed E-state index contributed by atoms with van der Waals surface area (Å²) in [7, 11) is 0. The van der Waals surface area contributed by atoms with Gasteiger partial charge in [0.15, 0.2) is 0 Å². The van der Waals surface area contributed by atoms with Gasteiger partial charge in [-0.15, -0.1) is 0 Å². The Morgan fingerprint density at radius 3 is 2.72 bits per heavy atom. The Labute approximate surface area is 174 Å². The summed E-state index contributed by atoms with van der Waals surface area (Å²) in [5, 5.41) is 11.6. The van der Waals surface area contributed by atoms with Crippen molar-refractivity contribution in [3.05, 3.63) is 51.2 Å². The van der Waals surface area contributed by atoms with Crippen molar-refractivity contribution in [3.8, 4) is 6.01 Å². The van der Waals surface area contributed by atoms with Crippen molar-refractivity contribution in [1.29, 1.82) is 0 Å². The van der Waals surface area contributed by atoms with Gasteiger partial charge in [0.05, 0.1) is 19.3 Å². The SMILES string of the molecule is CC1(CN2CCC(OCCc3ccc(Cl)cc3)CC2)Cn2cc([N+](=O)[O-])nc2O1. The first-order valence-corrected chi connectivity index (χ1v) is 10.3. The molecule has 3 heterocycles. The van der Waals surface area contributed by atoms with Gasteiger partial charge in [-0.05, 0) is 48.8 Å². The number of fused-ring (bicyclic) bond motifs is 1. The molecule has 29 heavy (non-hydrogen) atoms. The number of benzene rings is 1. The molecule has 0 bridgehead atoms. The predicted molar refractivity (Wildman–Crippen MR) is 108 cm³/mol. The Morgan fingerprint density at radius 2 is 2.07 bits per heavy atom. The van der Waals surface area contributed by atoms with Gasteiger partial charge in [0.2, 0.25) is 0 Å². The number of hydrogen-bond acceptors (Lipinski definition) is 6. The lowest BCUT2D eigenvalue weighted by atomic mass is 10.0. The summed E-state index contributed by atoms with van der Waals surface area (Å²) in [4.78, 5) is 16.7. The van der Waals surface area contributed by atoms with Gasteiger partial charge < -0.3 is 19.6 Å². The highest BCUT2D eigenvalue weighted by atomic mass is 35.5. The first kappa shape index (κ1) is 20.1. The van der Waals surface area contributed by atoms with E-state index in [1.54, 1.807) is 4.57 Å². The average Bonchev–Trinajstić information content (AvgIpc) is 3.20. The van der Waals surface area contributed by atoms with Crippen molar-refractivity contribution in [3.63, 3.8) is 0 Å². The third-order valence-corrected chi connectivity index (χ3v) is 5.76. The molecule has 9 heteroatoms. The monoisotopic (exact) mass is 420 g/mol. The average molecular weight is 421 g/mol. The molecule has 156 valence electrons. The molecule has 0 amide bonds. The van der Waals surface area contributed by atoms with Gasteiger partial charge in [-0.3, -0.25) is 9.47 Å². The summed E-state index contributed by atoms with van der Waals surface area (Å²) in [6, 6.07) is 8.22. The van der Waals surface area contributed by atoms with E-state index in [4.69, 9.17) is 21.1 Å². The van der Waals surface area contributed by atoms with Crippen molar-refractivity contribution in [2.75, 3.05) is 26.2 Å². The number of piperidine rings is 1. The summed E-state index contributed by atoms with van der Waals surface area (Å²) in [6.45, 7) is 5.98. The van der Waals surface area contributed by atoms with Crippen LogP contribution in [-0.4, -0.2) is 57.3 Å². The van der Waals surface area contributed by atoms with E-state index in [2.05, 4.69) is 9.88 Å². The molecule has 4 rings (SSSR count). The Kier molecular flexibility index (Phi) is 5.76. The van der Waals surface area contributed by atoms with Crippen LogP contribution in [0.15, 0.2) is 30.5 Å². The minimum atomic E-state index is -0.496. The third kappa shape index (κ3) is 4.88. The number of nitrogens with zero attached hydrogens (tertiary/aromatic N) is 4. The van der Waals surface area contributed by atoms with Crippen LogP contribution in [0.3, 0.4) is 0 Å². The Morgan fingerprint density at radius 1 is 1.34 bits per heavy atom. The van der Waals surface area contributed by atoms with Gasteiger partial charge in [0, 0.05) is 29.6 Å². The van der Waals surface area contributed by atoms with E-state index in [0.717, 1.165) is 43.9 Å². The van der Waals surface area contributed by atoms with Gasteiger partial charge in [-0.2, -0.15) is 0 Å². The smallest absolute Gasteiger partial charge is 0.415 e. The molecule has 0 aliphatic carbocycles. The van der Waals surface area contributed by atoms with E-state index >= 15 is 0 Å². The van der Waals surface area contributed by atoms with Crippen molar-refractivity contribution >= 4 is 17.4 Å². The molecule has 1 aromatic carbocycles. The van der Waals surface area contributed by atoms with Crippen molar-refractivity contribution in [2.24, 2.45) is 0 Å². The van der Waals surface area contributed by atoms with E-state index in [-0.39, 0.29) is 11.9 Å². The van der Waals surface area contributed by atoms with Crippen molar-refractivity contribution in [1.82, 2.24) is 14.5 Å². The van der Waals surface area contributed by atoms with E-state index in [1.165, 1.54) is 11.8 Å². The lowest BCUT2D eigenvalue weighted by molar-refractivity contribution is -0.389. The molecule has 1 atom stereocenters. The fourth-order valence-corrected chi connectivity index (χ4v) is 4.19. The number of imidazole rings is 1. The summed E-state index contributed by atoms with van der Waals surface area (Å²) < 4.78 is 13.7. The maximum absolute atomic E-state index is 10.8. The molecule has 0 saturated carbocycles. The number of aromatic nitrogens is 2. The number of rotatable bonds is 7. The Hall–Kier alpha value is -2.16. The highest BCUT2D eigenvalue weighted by Crippen LogP contribution is 2.32. The van der Waals surface area contributed by atoms with Gasteiger partial charge in [-0.1, -0.05) is 23.7 Å². The Bertz CT molecular complexity index is 838. The summed E-state index contributed by atoms with van der Waals surface area (Å²) in [5.41, 5.74) is 0.815. The zero-order valence-corrected chi connectivity index (χ0v) is 17.2. The second-order valence-corrected chi connectivity index (χ2v) is 8.48. The van der Waals surface area contributed by atoms with E-state index in [1.807, 2.05) is 31.2 Å². The van der Waals surface area contributed by atoms with Crippen LogP contribution in [0, 0.1) is 10.1 Å². The fourth-order valence-electron chi connectivity index (χ4n) is 4.07. The molecular weight excluding hydrogens is 396 g/mol. The topological polar surface area (TPSA) is 82.7 Å². The molecule has 0 spiro atoms. The molecule has 2 aliphatic heterocycles. The van der Waals surface area contributed by atoms with Crippen LogP contribution >= 0.6 is 11.6 Å². The minimum absolute atomic E-state index is 0.168. The van der Waals surface area contributed by atoms with E-state index in [0.29, 0.717) is 19.2 Å². The second-order valence-electron chi connectivity index (χ2n) is 8.04. The number of hydrogen-bond donors (Lipinski definition) is 0. The molecular formula is C20H25ClN4O4. The zero-order valence-electron chi connectivity index (χ0n) is 16.4. The largest absolute Gasteiger partial charge is 0.436 e. The quantitative estimate of drug-likeness (QED) is 0.504. The minimum Gasteiger partial charge on any atom is -0.436 e. The maximum Gasteiger partial charge on any atom is 0.415 e. The van der Waals surface area contributed by atoms with Gasteiger partial charge in [0.1, 0.15) is 11.8 Å². The lowest BCUT2D eigenvalue weighted by Gasteiger charge is -2.36. The molecule has 8 nitrogen and oxygen atoms in total. The number of nitro groups is 1. The standard InChI is InChI=1S/C20H25ClN4O4/c1-20(14-24-12-18(25(26)27)22-19(24)29-20)13-23-9-6-17(7-10-23)28-11-8-15-2-4-16(21)5-3-15/h2-5,12,17H,6-11,13-14H2,1H3. The number of ether oxygens (including phenoxy) is 2. The highest BCUT2D eigenvalue weighted by Gasteiger charge is 2.41. The van der Waals surface area contributed by atoms with Crippen LogP contribution < -0.4 is 4.74 Å². The molecule has 0 N–H and O–H groups in total. The van der Waals surface area contributed by atoms with Gasteiger partial charge in [0.25, 0.3) is 0 Å². The summed E-state index contributed by atoms with van der Waals surface area (Å²) in [5.74, 6) is -0.168. The van der Waals surface area contributed by atoms with Crippen molar-refractivity contribution in [2.45, 2.75) is 44.4 Å². The maximum atomic E-state index is 10.8. The molecule has 1 unspecified atom stereocenters. The molecule has 0 radical (unpaired) electrons. The van der Waals surface area contributed by atoms with Crippen LogP contribution in [0.1, 0.15) is 25.3 Å². The zero-order chi connectivity index (χ0) is 20.4. The third-order valence-electron chi connectivity index (χ3n) is 5.51. The summed E-state index contributed by atoms with van der Waals surface area (Å²) >= 11 is 5.91. The molecule has 2 aromatic rings. The molecule has 1 saturated heterocycles. The van der Waals surface area contributed by atoms with Gasteiger partial charge >= 0.3 is 11.8 Å². The van der Waals surface area contributed by atoms with Crippen LogP contribution in [0.4, 0.5) is 5.82 Å². The normalized spacial score (nSPS) is 22.4. The first-order chi connectivity index (χ1) is 13.9. The molecule has 2 aliphatic rings. The van der Waals surface area contributed by atoms with Crippen LogP contribution in [0.5, 0.6) is 6.01 Å². The predicted octanol–water partition coefficient (Wildman–Crippen LogP) is 3.32. The second kappa shape index (κ2) is 8.30. The first-order valence-electron chi connectivity index (χ1n) is 9.89. The number of halogens is 1. The van der Waals surface area contributed by atoms with Gasteiger partial charge in [-0.25, -0.2) is 0 Å². The molecule has 1 aromatic heterocycles. The molecule has 1 fully saturated rings. The summed E-state index contributed by atoms with van der Waals surface area (Å²) in [6.07, 6.45) is 4.61. The van der Waals surface area contributed by atoms with Crippen LogP contribution in [0.25, 0.3) is 0 Å². The van der Waals surface area contributed by atoms with Crippen LogP contribution in [0.2, 0.25) is 5.02 Å².